The van der Waals surface area contributed by atoms with Crippen LogP contribution in [-0.2, 0) is 10.6 Å². The first kappa shape index (κ1) is 12.9. The van der Waals surface area contributed by atoms with Gasteiger partial charge < -0.3 is 9.30 Å². The summed E-state index contributed by atoms with van der Waals surface area (Å²) in [5, 5.41) is 0. The first-order valence-corrected chi connectivity index (χ1v) is 7.20. The maximum absolute atomic E-state index is 6.06. The van der Waals surface area contributed by atoms with Crippen molar-refractivity contribution in [1.82, 2.24) is 14.5 Å². The second kappa shape index (κ2) is 5.10. The number of nitrogens with zero attached hydrogens (tertiary/aromatic N) is 3. The summed E-state index contributed by atoms with van der Waals surface area (Å²) in [6.07, 6.45) is 5.49. The minimum absolute atomic E-state index is 0.238. The molecule has 1 saturated carbocycles. The lowest BCUT2D eigenvalue weighted by molar-refractivity contribution is 0.0753. The number of methoxy groups -OCH3 is 1. The molecule has 1 aliphatic carbocycles. The van der Waals surface area contributed by atoms with Gasteiger partial charge in [-0.05, 0) is 37.8 Å². The summed E-state index contributed by atoms with van der Waals surface area (Å²) in [5.74, 6) is 1.30. The Morgan fingerprint density at radius 3 is 3.05 bits per heavy atom. The molecule has 102 valence electrons. The summed E-state index contributed by atoms with van der Waals surface area (Å²) >= 11 is 6.06. The molecule has 2 aromatic heterocycles. The minimum Gasteiger partial charge on any atom is -0.379 e. The van der Waals surface area contributed by atoms with E-state index in [1.165, 1.54) is 6.42 Å². The van der Waals surface area contributed by atoms with Crippen LogP contribution < -0.4 is 0 Å². The highest BCUT2D eigenvalue weighted by Crippen LogP contribution is 2.35. The molecular weight excluding hydrogens is 262 g/mol. The Morgan fingerprint density at radius 1 is 1.47 bits per heavy atom. The quantitative estimate of drug-likeness (QED) is 0.810. The molecule has 19 heavy (non-hydrogen) atoms. The van der Waals surface area contributed by atoms with Crippen molar-refractivity contribution in [2.45, 2.75) is 44.2 Å². The third kappa shape index (κ3) is 2.13. The first-order valence-electron chi connectivity index (χ1n) is 6.67. The van der Waals surface area contributed by atoms with Gasteiger partial charge in [0.05, 0.1) is 18.0 Å². The van der Waals surface area contributed by atoms with Crippen molar-refractivity contribution < 1.29 is 4.74 Å². The van der Waals surface area contributed by atoms with Gasteiger partial charge in [0.2, 0.25) is 0 Å². The maximum Gasteiger partial charge on any atom is 0.160 e. The predicted octanol–water partition coefficient (Wildman–Crippen LogP) is 3.22. The fraction of sp³-hybridized carbons (Fsp3) is 0.571. The molecule has 0 aromatic carbocycles. The molecule has 0 aliphatic heterocycles. The molecule has 5 heteroatoms. The molecular formula is C14H18ClN3O. The summed E-state index contributed by atoms with van der Waals surface area (Å²) in [5.41, 5.74) is 2.97. The zero-order chi connectivity index (χ0) is 13.4. The first-order chi connectivity index (χ1) is 9.24. The van der Waals surface area contributed by atoms with Crippen molar-refractivity contribution in [3.8, 4) is 0 Å². The van der Waals surface area contributed by atoms with Gasteiger partial charge in [0.15, 0.2) is 5.65 Å². The van der Waals surface area contributed by atoms with Gasteiger partial charge in [-0.25, -0.2) is 9.97 Å². The zero-order valence-electron chi connectivity index (χ0n) is 11.3. The van der Waals surface area contributed by atoms with E-state index in [0.717, 1.165) is 35.4 Å². The molecule has 2 heterocycles. The molecule has 0 N–H and O–H groups in total. The lowest BCUT2D eigenvalue weighted by Gasteiger charge is -2.21. The lowest BCUT2D eigenvalue weighted by Crippen LogP contribution is -2.22. The number of halogens is 1. The number of ether oxygens (including phenoxy) is 1. The standard InChI is InChI=1S/C14H18ClN3O/c1-9-6-10-14(16-8-9)18(13(7-15)17-10)11-4-3-5-12(11)19-2/h6,8,11-12H,3-5,7H2,1-2H3. The SMILES string of the molecule is COC1CCCC1n1c(CCl)nc2cc(C)cnc21. The van der Waals surface area contributed by atoms with Crippen molar-refractivity contribution in [3.05, 3.63) is 23.7 Å². The van der Waals surface area contributed by atoms with E-state index in [0.29, 0.717) is 11.9 Å². The number of aryl methyl sites for hydroxylation is 1. The number of rotatable bonds is 3. The van der Waals surface area contributed by atoms with Gasteiger partial charge in [-0.1, -0.05) is 0 Å². The average molecular weight is 280 g/mol. The van der Waals surface area contributed by atoms with Crippen LogP contribution in [0, 0.1) is 6.92 Å². The van der Waals surface area contributed by atoms with E-state index in [2.05, 4.69) is 20.6 Å². The van der Waals surface area contributed by atoms with Gasteiger partial charge in [0, 0.05) is 13.3 Å². The van der Waals surface area contributed by atoms with E-state index in [4.69, 9.17) is 16.3 Å². The van der Waals surface area contributed by atoms with E-state index >= 15 is 0 Å². The van der Waals surface area contributed by atoms with Gasteiger partial charge in [-0.2, -0.15) is 0 Å². The van der Waals surface area contributed by atoms with Gasteiger partial charge in [-0.3, -0.25) is 0 Å². The molecule has 0 saturated heterocycles. The molecule has 2 atom stereocenters. The second-order valence-electron chi connectivity index (χ2n) is 5.16. The monoisotopic (exact) mass is 279 g/mol. The molecule has 0 amide bonds. The summed E-state index contributed by atoms with van der Waals surface area (Å²) < 4.78 is 7.78. The van der Waals surface area contributed by atoms with Crippen LogP contribution in [0.15, 0.2) is 12.3 Å². The Morgan fingerprint density at radius 2 is 2.32 bits per heavy atom. The van der Waals surface area contributed by atoms with Gasteiger partial charge >= 0.3 is 0 Å². The van der Waals surface area contributed by atoms with Crippen LogP contribution in [0.1, 0.15) is 36.7 Å². The number of aromatic nitrogens is 3. The van der Waals surface area contributed by atoms with Crippen molar-refractivity contribution in [3.63, 3.8) is 0 Å². The van der Waals surface area contributed by atoms with Crippen LogP contribution in [0.4, 0.5) is 0 Å². The van der Waals surface area contributed by atoms with E-state index in [-0.39, 0.29) is 6.10 Å². The fourth-order valence-electron chi connectivity index (χ4n) is 3.05. The number of alkyl halides is 1. The van der Waals surface area contributed by atoms with E-state index < -0.39 is 0 Å². The summed E-state index contributed by atoms with van der Waals surface area (Å²) in [6, 6.07) is 2.37. The summed E-state index contributed by atoms with van der Waals surface area (Å²) in [6.45, 7) is 2.03. The summed E-state index contributed by atoms with van der Waals surface area (Å²) in [7, 11) is 1.78. The molecule has 0 radical (unpaired) electrons. The molecule has 4 nitrogen and oxygen atoms in total. The highest BCUT2D eigenvalue weighted by Gasteiger charge is 2.31. The molecule has 3 rings (SSSR count). The molecule has 0 spiro atoms. The van der Waals surface area contributed by atoms with Crippen LogP contribution in [0.3, 0.4) is 0 Å². The van der Waals surface area contributed by atoms with Crippen molar-refractivity contribution in [2.75, 3.05) is 7.11 Å². The fourth-order valence-corrected chi connectivity index (χ4v) is 3.24. The Kier molecular flexibility index (Phi) is 3.46. The number of imidazole rings is 1. The third-order valence-electron chi connectivity index (χ3n) is 3.91. The largest absolute Gasteiger partial charge is 0.379 e. The van der Waals surface area contributed by atoms with Crippen molar-refractivity contribution >= 4 is 22.8 Å². The van der Waals surface area contributed by atoms with Crippen LogP contribution in [0.2, 0.25) is 0 Å². The molecule has 0 bridgehead atoms. The Labute approximate surface area is 117 Å². The molecule has 2 unspecified atom stereocenters. The number of hydrogen-bond acceptors (Lipinski definition) is 3. The number of hydrogen-bond donors (Lipinski definition) is 0. The highest BCUT2D eigenvalue weighted by molar-refractivity contribution is 6.16. The number of pyridine rings is 1. The smallest absolute Gasteiger partial charge is 0.160 e. The Bertz CT molecular complexity index is 596. The van der Waals surface area contributed by atoms with Crippen molar-refractivity contribution in [1.29, 1.82) is 0 Å². The van der Waals surface area contributed by atoms with E-state index in [1.54, 1.807) is 7.11 Å². The second-order valence-corrected chi connectivity index (χ2v) is 5.43. The van der Waals surface area contributed by atoms with E-state index in [9.17, 15) is 0 Å². The van der Waals surface area contributed by atoms with Crippen molar-refractivity contribution in [2.24, 2.45) is 0 Å². The number of fused-ring (bicyclic) bond motifs is 1. The Hall–Kier alpha value is -1.13. The lowest BCUT2D eigenvalue weighted by atomic mass is 10.2. The highest BCUT2D eigenvalue weighted by atomic mass is 35.5. The van der Waals surface area contributed by atoms with E-state index in [1.807, 2.05) is 13.1 Å². The van der Waals surface area contributed by atoms with Crippen LogP contribution >= 0.6 is 11.6 Å². The normalized spacial score (nSPS) is 23.3. The molecule has 1 fully saturated rings. The predicted molar refractivity (Wildman–Crippen MR) is 75.5 cm³/mol. The van der Waals surface area contributed by atoms with Crippen LogP contribution in [0.25, 0.3) is 11.2 Å². The molecule has 1 aliphatic rings. The third-order valence-corrected chi connectivity index (χ3v) is 4.15. The van der Waals surface area contributed by atoms with Crippen LogP contribution in [-0.4, -0.2) is 27.7 Å². The average Bonchev–Trinajstić information content (AvgIpc) is 3.00. The minimum atomic E-state index is 0.238. The topological polar surface area (TPSA) is 39.9 Å². The maximum atomic E-state index is 6.06. The van der Waals surface area contributed by atoms with Crippen LogP contribution in [0.5, 0.6) is 0 Å². The van der Waals surface area contributed by atoms with Gasteiger partial charge in [0.25, 0.3) is 0 Å². The van der Waals surface area contributed by atoms with Gasteiger partial charge in [0.1, 0.15) is 11.3 Å². The summed E-state index contributed by atoms with van der Waals surface area (Å²) in [4.78, 5) is 9.17. The Balaban J connectivity index is 2.15. The molecule has 2 aromatic rings. The zero-order valence-corrected chi connectivity index (χ0v) is 12.0. The van der Waals surface area contributed by atoms with Gasteiger partial charge in [-0.15, -0.1) is 11.6 Å².